The van der Waals surface area contributed by atoms with Crippen molar-refractivity contribution in [2.75, 3.05) is 7.11 Å². The molecule has 6 heteroatoms. The Hall–Kier alpha value is -1.72. The SMILES string of the molecule is C=C(N)C(=O)OC.NC(=O)O. The molecule has 0 atom stereocenters. The van der Waals surface area contributed by atoms with Gasteiger partial charge in [0.25, 0.3) is 0 Å². The highest BCUT2D eigenvalue weighted by molar-refractivity contribution is 5.86. The summed E-state index contributed by atoms with van der Waals surface area (Å²) in [4.78, 5) is 18.8. The highest BCUT2D eigenvalue weighted by atomic mass is 16.5. The third-order valence-electron chi connectivity index (χ3n) is 0.448. The van der Waals surface area contributed by atoms with E-state index in [-0.39, 0.29) is 5.70 Å². The number of methoxy groups -OCH3 is 1. The van der Waals surface area contributed by atoms with Gasteiger partial charge in [-0.1, -0.05) is 6.58 Å². The largest absolute Gasteiger partial charge is 0.465 e. The quantitative estimate of drug-likeness (QED) is 0.346. The molecule has 0 fully saturated rings. The fourth-order valence-electron chi connectivity index (χ4n) is 0.131. The van der Waals surface area contributed by atoms with Crippen LogP contribution >= 0.6 is 0 Å². The Balaban J connectivity index is 0. The van der Waals surface area contributed by atoms with Crippen LogP contribution in [0.5, 0.6) is 0 Å². The summed E-state index contributed by atoms with van der Waals surface area (Å²) in [7, 11) is 1.25. The number of carbonyl (C=O) groups excluding carboxylic acids is 1. The molecule has 0 aliphatic heterocycles. The van der Waals surface area contributed by atoms with Crippen molar-refractivity contribution in [2.24, 2.45) is 11.5 Å². The van der Waals surface area contributed by atoms with Crippen LogP contribution in [0.3, 0.4) is 0 Å². The molecule has 0 aromatic rings. The molecule has 0 bridgehead atoms. The lowest BCUT2D eigenvalue weighted by Gasteiger charge is -1.91. The van der Waals surface area contributed by atoms with Crippen molar-refractivity contribution >= 4 is 12.1 Å². The Morgan fingerprint density at radius 1 is 1.45 bits per heavy atom. The Labute approximate surface area is 63.4 Å². The first kappa shape index (κ1) is 12.0. The second-order valence-corrected chi connectivity index (χ2v) is 1.36. The van der Waals surface area contributed by atoms with Crippen LogP contribution in [0, 0.1) is 0 Å². The van der Waals surface area contributed by atoms with E-state index in [1.807, 2.05) is 0 Å². The average Bonchev–Trinajstić information content (AvgIpc) is 1.85. The molecule has 0 aliphatic carbocycles. The molecule has 0 aromatic carbocycles. The van der Waals surface area contributed by atoms with Crippen LogP contribution in [0.4, 0.5) is 4.79 Å². The van der Waals surface area contributed by atoms with Gasteiger partial charge < -0.3 is 21.3 Å². The van der Waals surface area contributed by atoms with Gasteiger partial charge in [0.15, 0.2) is 0 Å². The third kappa shape index (κ3) is 17.8. The molecular weight excluding hydrogens is 152 g/mol. The van der Waals surface area contributed by atoms with Gasteiger partial charge in [0.1, 0.15) is 5.70 Å². The topological polar surface area (TPSA) is 116 Å². The number of esters is 1. The smallest absolute Gasteiger partial charge is 0.402 e. The minimum absolute atomic E-state index is 0.0671. The predicted octanol–water partition coefficient (Wildman–Crippen LogP) is -0.745. The third-order valence-corrected chi connectivity index (χ3v) is 0.448. The van der Waals surface area contributed by atoms with Crippen LogP contribution in [-0.2, 0) is 9.53 Å². The molecular formula is C5H10N2O4. The normalized spacial score (nSPS) is 7.00. The van der Waals surface area contributed by atoms with Crippen LogP contribution < -0.4 is 11.5 Å². The number of carbonyl (C=O) groups is 2. The summed E-state index contributed by atoms with van der Waals surface area (Å²) in [5.41, 5.74) is 8.84. The molecule has 0 spiro atoms. The van der Waals surface area contributed by atoms with E-state index in [4.69, 9.17) is 15.6 Å². The Morgan fingerprint density at radius 2 is 1.73 bits per heavy atom. The molecule has 0 heterocycles. The van der Waals surface area contributed by atoms with E-state index in [2.05, 4.69) is 17.0 Å². The number of carboxylic acid groups (broad SMARTS) is 1. The Kier molecular flexibility index (Phi) is 6.99. The lowest BCUT2D eigenvalue weighted by molar-refractivity contribution is -0.136. The maximum absolute atomic E-state index is 10.1. The van der Waals surface area contributed by atoms with Gasteiger partial charge in [-0.3, -0.25) is 0 Å². The summed E-state index contributed by atoms with van der Waals surface area (Å²) in [5.74, 6) is -0.569. The number of primary amides is 1. The molecule has 0 saturated carbocycles. The fraction of sp³-hybridized carbons (Fsp3) is 0.200. The van der Waals surface area contributed by atoms with Crippen molar-refractivity contribution in [3.8, 4) is 0 Å². The minimum atomic E-state index is -1.33. The van der Waals surface area contributed by atoms with E-state index in [1.165, 1.54) is 7.11 Å². The van der Waals surface area contributed by atoms with Crippen LogP contribution in [-0.4, -0.2) is 24.3 Å². The van der Waals surface area contributed by atoms with Gasteiger partial charge in [-0.25, -0.2) is 9.59 Å². The number of hydrogen-bond acceptors (Lipinski definition) is 4. The summed E-state index contributed by atoms with van der Waals surface area (Å²) in [6.07, 6.45) is -1.33. The molecule has 0 aliphatic rings. The number of rotatable bonds is 1. The van der Waals surface area contributed by atoms with Gasteiger partial charge >= 0.3 is 12.1 Å². The Morgan fingerprint density at radius 3 is 1.73 bits per heavy atom. The van der Waals surface area contributed by atoms with Gasteiger partial charge in [-0.15, -0.1) is 0 Å². The molecule has 0 aromatic heterocycles. The zero-order valence-corrected chi connectivity index (χ0v) is 6.03. The highest BCUT2D eigenvalue weighted by Gasteiger charge is 1.96. The van der Waals surface area contributed by atoms with Crippen molar-refractivity contribution in [3.05, 3.63) is 12.3 Å². The number of amides is 1. The van der Waals surface area contributed by atoms with Gasteiger partial charge in [-0.05, 0) is 0 Å². The van der Waals surface area contributed by atoms with Crippen molar-refractivity contribution in [2.45, 2.75) is 0 Å². The second-order valence-electron chi connectivity index (χ2n) is 1.36. The summed E-state index contributed by atoms with van der Waals surface area (Å²) in [6, 6.07) is 0. The van der Waals surface area contributed by atoms with E-state index in [0.717, 1.165) is 0 Å². The van der Waals surface area contributed by atoms with E-state index in [0.29, 0.717) is 0 Å². The standard InChI is InChI=1S/C4H7NO2.CH3NO2/c1-3(5)4(6)7-2;2-1(3)4/h1,5H2,2H3;2H2,(H,3,4). The Bertz CT molecular complexity index is 162. The summed E-state index contributed by atoms with van der Waals surface area (Å²) >= 11 is 0. The van der Waals surface area contributed by atoms with E-state index >= 15 is 0 Å². The summed E-state index contributed by atoms with van der Waals surface area (Å²) < 4.78 is 4.15. The predicted molar refractivity (Wildman–Crippen MR) is 37.6 cm³/mol. The van der Waals surface area contributed by atoms with Crippen molar-refractivity contribution in [3.63, 3.8) is 0 Å². The van der Waals surface area contributed by atoms with E-state index in [1.54, 1.807) is 0 Å². The van der Waals surface area contributed by atoms with Crippen LogP contribution in [0.15, 0.2) is 12.3 Å². The molecule has 64 valence electrons. The van der Waals surface area contributed by atoms with Gasteiger partial charge in [-0.2, -0.15) is 0 Å². The molecule has 0 radical (unpaired) electrons. The first-order chi connectivity index (χ1) is 4.91. The molecule has 1 amide bonds. The monoisotopic (exact) mass is 162 g/mol. The lowest BCUT2D eigenvalue weighted by atomic mass is 10.5. The molecule has 11 heavy (non-hydrogen) atoms. The van der Waals surface area contributed by atoms with Gasteiger partial charge in [0, 0.05) is 0 Å². The fourth-order valence-corrected chi connectivity index (χ4v) is 0.131. The number of nitrogens with two attached hydrogens (primary N) is 2. The highest BCUT2D eigenvalue weighted by Crippen LogP contribution is 1.78. The lowest BCUT2D eigenvalue weighted by Crippen LogP contribution is -2.10. The van der Waals surface area contributed by atoms with Crippen LogP contribution in [0.25, 0.3) is 0 Å². The van der Waals surface area contributed by atoms with E-state index < -0.39 is 12.1 Å². The molecule has 0 saturated heterocycles. The second kappa shape index (κ2) is 6.40. The molecule has 6 nitrogen and oxygen atoms in total. The van der Waals surface area contributed by atoms with E-state index in [9.17, 15) is 4.79 Å². The van der Waals surface area contributed by atoms with Crippen molar-refractivity contribution in [1.29, 1.82) is 0 Å². The zero-order valence-electron chi connectivity index (χ0n) is 6.03. The minimum Gasteiger partial charge on any atom is -0.465 e. The first-order valence-electron chi connectivity index (χ1n) is 2.43. The van der Waals surface area contributed by atoms with Gasteiger partial charge in [0.05, 0.1) is 7.11 Å². The number of hydrogen-bond donors (Lipinski definition) is 3. The van der Waals surface area contributed by atoms with Crippen molar-refractivity contribution < 1.29 is 19.4 Å². The van der Waals surface area contributed by atoms with Gasteiger partial charge in [0.2, 0.25) is 0 Å². The van der Waals surface area contributed by atoms with Crippen LogP contribution in [0.2, 0.25) is 0 Å². The molecule has 5 N–H and O–H groups in total. The van der Waals surface area contributed by atoms with Crippen LogP contribution in [0.1, 0.15) is 0 Å². The maximum Gasteiger partial charge on any atom is 0.402 e. The molecule has 0 unspecified atom stereocenters. The zero-order chi connectivity index (χ0) is 9.44. The summed E-state index contributed by atoms with van der Waals surface area (Å²) in [5, 5.41) is 7.19. The van der Waals surface area contributed by atoms with Crippen molar-refractivity contribution in [1.82, 2.24) is 0 Å². The summed E-state index contributed by atoms with van der Waals surface area (Å²) in [6.45, 7) is 3.13. The first-order valence-corrected chi connectivity index (χ1v) is 2.43. The molecule has 0 rings (SSSR count). The average molecular weight is 162 g/mol. The number of ether oxygens (including phenoxy) is 1. The maximum atomic E-state index is 10.1.